The molecule has 8 heteroatoms. The molecule has 2 aromatic carbocycles. The Morgan fingerprint density at radius 3 is 2.65 bits per heavy atom. The zero-order chi connectivity index (χ0) is 18.4. The lowest BCUT2D eigenvalue weighted by Crippen LogP contribution is -2.28. The van der Waals surface area contributed by atoms with Crippen LogP contribution in [0.3, 0.4) is 0 Å². The maximum atomic E-state index is 12.2. The van der Waals surface area contributed by atoms with Crippen LogP contribution in [0.4, 0.5) is 10.8 Å². The fourth-order valence-electron chi connectivity index (χ4n) is 2.28. The summed E-state index contributed by atoms with van der Waals surface area (Å²) in [7, 11) is 0. The van der Waals surface area contributed by atoms with Gasteiger partial charge in [-0.05, 0) is 30.7 Å². The van der Waals surface area contributed by atoms with Gasteiger partial charge in [0.15, 0.2) is 4.34 Å². The molecular weight excluding hydrogens is 388 g/mol. The van der Waals surface area contributed by atoms with Crippen LogP contribution in [0, 0.1) is 0 Å². The highest BCUT2D eigenvalue weighted by Gasteiger charge is 2.13. The molecule has 0 aliphatic rings. The number of hydrogen-bond donors (Lipinski definition) is 2. The predicted octanol–water partition coefficient (Wildman–Crippen LogP) is 4.90. The maximum Gasteiger partial charge on any atom is 0.230 e. The Bertz CT molecular complexity index is 872. The minimum atomic E-state index is -0.151. The van der Waals surface area contributed by atoms with Crippen LogP contribution in [-0.4, -0.2) is 21.9 Å². The summed E-state index contributed by atoms with van der Waals surface area (Å²) < 4.78 is 0.740. The first-order valence-corrected chi connectivity index (χ1v) is 10.1. The van der Waals surface area contributed by atoms with Crippen LogP contribution in [0.2, 0.25) is 5.02 Å². The van der Waals surface area contributed by atoms with Gasteiger partial charge in [-0.1, -0.05) is 71.1 Å². The third kappa shape index (κ3) is 5.20. The smallest absolute Gasteiger partial charge is 0.230 e. The number of carbonyl (C=O) groups is 1. The molecule has 1 atom stereocenters. The van der Waals surface area contributed by atoms with E-state index in [1.807, 2.05) is 61.5 Å². The number of halogens is 1. The van der Waals surface area contributed by atoms with Crippen LogP contribution in [0.15, 0.2) is 58.9 Å². The van der Waals surface area contributed by atoms with E-state index in [0.29, 0.717) is 10.2 Å². The molecule has 0 aliphatic heterocycles. The van der Waals surface area contributed by atoms with Crippen molar-refractivity contribution in [3.05, 3.63) is 65.2 Å². The first kappa shape index (κ1) is 18.7. The molecule has 1 unspecified atom stereocenters. The molecule has 1 heterocycles. The topological polar surface area (TPSA) is 66.9 Å². The third-order valence-electron chi connectivity index (χ3n) is 3.51. The standard InChI is InChI=1S/C18H17ClN4OS2/c1-12(14-9-5-6-10-15(14)19)20-16(24)11-25-18-23-22-17(26-18)21-13-7-3-2-4-8-13/h2-10,12H,11H2,1H3,(H,20,24)(H,21,22). The van der Waals surface area contributed by atoms with Gasteiger partial charge in [0.25, 0.3) is 0 Å². The Kier molecular flexibility index (Phi) is 6.49. The Labute approximate surface area is 165 Å². The Morgan fingerprint density at radius 1 is 1.15 bits per heavy atom. The monoisotopic (exact) mass is 404 g/mol. The first-order chi connectivity index (χ1) is 12.6. The lowest BCUT2D eigenvalue weighted by molar-refractivity contribution is -0.119. The number of amides is 1. The number of hydrogen-bond acceptors (Lipinski definition) is 6. The second-order valence-corrected chi connectivity index (χ2v) is 8.07. The molecule has 3 aromatic rings. The molecule has 2 N–H and O–H groups in total. The average Bonchev–Trinajstić information content (AvgIpc) is 3.08. The van der Waals surface area contributed by atoms with Crippen LogP contribution in [0.25, 0.3) is 0 Å². The number of nitrogens with one attached hydrogen (secondary N) is 2. The van der Waals surface area contributed by atoms with E-state index < -0.39 is 0 Å². The second-order valence-electron chi connectivity index (χ2n) is 5.46. The molecule has 3 rings (SSSR count). The van der Waals surface area contributed by atoms with Crippen LogP contribution >= 0.6 is 34.7 Å². The van der Waals surface area contributed by atoms with Gasteiger partial charge in [-0.3, -0.25) is 4.79 Å². The summed E-state index contributed by atoms with van der Waals surface area (Å²) in [6.45, 7) is 1.91. The fourth-order valence-corrected chi connectivity index (χ4v) is 4.16. The lowest BCUT2D eigenvalue weighted by Gasteiger charge is -2.15. The minimum Gasteiger partial charge on any atom is -0.349 e. The number of benzene rings is 2. The number of nitrogens with zero attached hydrogens (tertiary/aromatic N) is 2. The average molecular weight is 405 g/mol. The van der Waals surface area contributed by atoms with Crippen LogP contribution in [-0.2, 0) is 4.79 Å². The molecular formula is C18H17ClN4OS2. The van der Waals surface area contributed by atoms with Crippen LogP contribution < -0.4 is 10.6 Å². The van der Waals surface area contributed by atoms with Gasteiger partial charge >= 0.3 is 0 Å². The van der Waals surface area contributed by atoms with Crippen molar-refractivity contribution in [1.29, 1.82) is 0 Å². The lowest BCUT2D eigenvalue weighted by atomic mass is 10.1. The van der Waals surface area contributed by atoms with E-state index in [2.05, 4.69) is 20.8 Å². The highest BCUT2D eigenvalue weighted by molar-refractivity contribution is 8.01. The Balaban J connectivity index is 1.50. The van der Waals surface area contributed by atoms with Gasteiger partial charge in [0, 0.05) is 10.7 Å². The summed E-state index contributed by atoms with van der Waals surface area (Å²) in [6, 6.07) is 17.1. The van der Waals surface area contributed by atoms with Crippen molar-refractivity contribution in [2.45, 2.75) is 17.3 Å². The van der Waals surface area contributed by atoms with Gasteiger partial charge in [-0.15, -0.1) is 10.2 Å². The first-order valence-electron chi connectivity index (χ1n) is 7.94. The van der Waals surface area contributed by atoms with Crippen molar-refractivity contribution in [3.63, 3.8) is 0 Å². The van der Waals surface area contributed by atoms with Crippen molar-refractivity contribution in [3.8, 4) is 0 Å². The quantitative estimate of drug-likeness (QED) is 0.548. The molecule has 0 bridgehead atoms. The number of thioether (sulfide) groups is 1. The summed E-state index contributed by atoms with van der Waals surface area (Å²) in [6.07, 6.45) is 0. The van der Waals surface area contributed by atoms with E-state index in [1.54, 1.807) is 0 Å². The highest BCUT2D eigenvalue weighted by Crippen LogP contribution is 2.28. The van der Waals surface area contributed by atoms with Crippen LogP contribution in [0.5, 0.6) is 0 Å². The minimum absolute atomic E-state index is 0.0739. The van der Waals surface area contributed by atoms with Gasteiger partial charge in [0.1, 0.15) is 0 Å². The molecule has 0 radical (unpaired) electrons. The van der Waals surface area contributed by atoms with Crippen molar-refractivity contribution >= 4 is 51.4 Å². The van der Waals surface area contributed by atoms with Crippen molar-refractivity contribution in [1.82, 2.24) is 15.5 Å². The van der Waals surface area contributed by atoms with E-state index in [9.17, 15) is 4.79 Å². The number of carbonyl (C=O) groups excluding carboxylic acids is 1. The fraction of sp³-hybridized carbons (Fsp3) is 0.167. The second kappa shape index (κ2) is 9.02. The van der Waals surface area contributed by atoms with Gasteiger partial charge in [0.2, 0.25) is 11.0 Å². The van der Waals surface area contributed by atoms with Crippen LogP contribution in [0.1, 0.15) is 18.5 Å². The summed E-state index contributed by atoms with van der Waals surface area (Å²) in [5.41, 5.74) is 1.85. The highest BCUT2D eigenvalue weighted by atomic mass is 35.5. The Hall–Kier alpha value is -2.09. The predicted molar refractivity (Wildman–Crippen MR) is 108 cm³/mol. The van der Waals surface area contributed by atoms with Gasteiger partial charge in [-0.25, -0.2) is 0 Å². The third-order valence-corrected chi connectivity index (χ3v) is 5.82. The van der Waals surface area contributed by atoms with E-state index in [1.165, 1.54) is 23.1 Å². The van der Waals surface area contributed by atoms with E-state index in [0.717, 1.165) is 15.6 Å². The molecule has 0 saturated heterocycles. The molecule has 26 heavy (non-hydrogen) atoms. The molecule has 5 nitrogen and oxygen atoms in total. The number of anilines is 2. The summed E-state index contributed by atoms with van der Waals surface area (Å²) in [4.78, 5) is 12.2. The van der Waals surface area contributed by atoms with Crippen molar-refractivity contribution < 1.29 is 4.79 Å². The Morgan fingerprint density at radius 2 is 1.88 bits per heavy atom. The molecule has 1 amide bonds. The summed E-state index contributed by atoms with van der Waals surface area (Å²) in [5.74, 6) is 0.199. The number of para-hydroxylation sites is 1. The molecule has 134 valence electrons. The summed E-state index contributed by atoms with van der Waals surface area (Å²) in [5, 5.41) is 15.7. The molecule has 0 spiro atoms. The SMILES string of the molecule is CC(NC(=O)CSc1nnc(Nc2ccccc2)s1)c1ccccc1Cl. The van der Waals surface area contributed by atoms with E-state index in [4.69, 9.17) is 11.6 Å². The van der Waals surface area contributed by atoms with E-state index in [-0.39, 0.29) is 17.7 Å². The van der Waals surface area contributed by atoms with Crippen molar-refractivity contribution in [2.75, 3.05) is 11.1 Å². The molecule has 1 aromatic heterocycles. The molecule has 0 saturated carbocycles. The zero-order valence-corrected chi connectivity index (χ0v) is 16.4. The maximum absolute atomic E-state index is 12.2. The molecule has 0 aliphatic carbocycles. The normalized spacial score (nSPS) is 11.8. The zero-order valence-electron chi connectivity index (χ0n) is 14.0. The van der Waals surface area contributed by atoms with Gasteiger partial charge in [0.05, 0.1) is 11.8 Å². The summed E-state index contributed by atoms with van der Waals surface area (Å²) >= 11 is 8.94. The number of aromatic nitrogens is 2. The largest absolute Gasteiger partial charge is 0.349 e. The van der Waals surface area contributed by atoms with E-state index >= 15 is 0 Å². The number of rotatable bonds is 7. The van der Waals surface area contributed by atoms with Gasteiger partial charge < -0.3 is 10.6 Å². The molecule has 0 fully saturated rings. The van der Waals surface area contributed by atoms with Gasteiger partial charge in [-0.2, -0.15) is 0 Å². The van der Waals surface area contributed by atoms with Crippen molar-refractivity contribution in [2.24, 2.45) is 0 Å².